The largest absolute Gasteiger partial charge is 0.338 e. The van der Waals surface area contributed by atoms with E-state index in [1.807, 2.05) is 6.07 Å². The van der Waals surface area contributed by atoms with Crippen molar-refractivity contribution in [1.82, 2.24) is 5.32 Å². The van der Waals surface area contributed by atoms with Crippen molar-refractivity contribution in [3.05, 3.63) is 30.3 Å². The highest BCUT2D eigenvalue weighted by Crippen LogP contribution is 2.05. The van der Waals surface area contributed by atoms with E-state index in [9.17, 15) is 14.4 Å². The molecule has 5 heteroatoms. The molecule has 2 amide bonds. The van der Waals surface area contributed by atoms with Crippen LogP contribution in [0, 0.1) is 0 Å². The average Bonchev–Trinajstić information content (AvgIpc) is 2.26. The summed E-state index contributed by atoms with van der Waals surface area (Å²) in [6.07, 6.45) is 0. The molecule has 90 valence electrons. The van der Waals surface area contributed by atoms with Crippen molar-refractivity contribution < 1.29 is 14.4 Å². The summed E-state index contributed by atoms with van der Waals surface area (Å²) in [6.45, 7) is 2.51. The Labute approximate surface area is 99.2 Å². The molecule has 1 atom stereocenters. The summed E-state index contributed by atoms with van der Waals surface area (Å²) >= 11 is 0. The molecule has 0 saturated carbocycles. The fourth-order valence-electron chi connectivity index (χ4n) is 1.29. The number of nitrogens with one attached hydrogen (secondary N) is 2. The number of carbonyl (C=O) groups excluding carboxylic acids is 3. The van der Waals surface area contributed by atoms with Crippen LogP contribution >= 0.6 is 0 Å². The fraction of sp³-hybridized carbons (Fsp3) is 0.250. The van der Waals surface area contributed by atoms with E-state index in [-0.39, 0.29) is 0 Å². The van der Waals surface area contributed by atoms with E-state index in [1.165, 1.54) is 13.8 Å². The maximum atomic E-state index is 11.7. The molecule has 1 aromatic carbocycles. The van der Waals surface area contributed by atoms with Crippen molar-refractivity contribution in [1.29, 1.82) is 0 Å². The van der Waals surface area contributed by atoms with Crippen LogP contribution in [0.25, 0.3) is 0 Å². The molecular weight excluding hydrogens is 220 g/mol. The molecule has 0 fully saturated rings. The standard InChI is InChI=1S/C12H14N2O3/c1-8(15)11(13-9(2)16)12(17)14-10-6-4-3-5-7-10/h3-7,11H,1-2H3,(H,13,16)(H,14,17). The lowest BCUT2D eigenvalue weighted by atomic mass is 10.2. The summed E-state index contributed by atoms with van der Waals surface area (Å²) in [6, 6.07) is 7.58. The van der Waals surface area contributed by atoms with E-state index >= 15 is 0 Å². The zero-order valence-corrected chi connectivity index (χ0v) is 9.69. The van der Waals surface area contributed by atoms with Crippen molar-refractivity contribution in [2.45, 2.75) is 19.9 Å². The van der Waals surface area contributed by atoms with Crippen molar-refractivity contribution in [2.75, 3.05) is 5.32 Å². The van der Waals surface area contributed by atoms with E-state index in [4.69, 9.17) is 0 Å². The molecule has 2 N–H and O–H groups in total. The van der Waals surface area contributed by atoms with Crippen LogP contribution in [0.2, 0.25) is 0 Å². The summed E-state index contributed by atoms with van der Waals surface area (Å²) in [5.41, 5.74) is 0.578. The number of benzene rings is 1. The Hall–Kier alpha value is -2.17. The van der Waals surface area contributed by atoms with Gasteiger partial charge in [0, 0.05) is 12.6 Å². The van der Waals surface area contributed by atoms with Crippen LogP contribution in [0.5, 0.6) is 0 Å². The molecule has 0 saturated heterocycles. The average molecular weight is 234 g/mol. The van der Waals surface area contributed by atoms with Gasteiger partial charge in [0.15, 0.2) is 11.8 Å². The Morgan fingerprint density at radius 1 is 1.06 bits per heavy atom. The van der Waals surface area contributed by atoms with Gasteiger partial charge in [0.05, 0.1) is 0 Å². The molecule has 1 rings (SSSR count). The minimum Gasteiger partial charge on any atom is -0.338 e. The van der Waals surface area contributed by atoms with E-state index in [0.717, 1.165) is 0 Å². The van der Waals surface area contributed by atoms with Crippen LogP contribution in [-0.2, 0) is 14.4 Å². The molecule has 0 aliphatic carbocycles. The van der Waals surface area contributed by atoms with Gasteiger partial charge in [-0.05, 0) is 19.1 Å². The second-order valence-electron chi connectivity index (χ2n) is 3.60. The van der Waals surface area contributed by atoms with Gasteiger partial charge in [0.2, 0.25) is 5.91 Å². The van der Waals surface area contributed by atoms with Gasteiger partial charge in [0.25, 0.3) is 5.91 Å². The van der Waals surface area contributed by atoms with Crippen LogP contribution < -0.4 is 10.6 Å². The number of hydrogen-bond acceptors (Lipinski definition) is 3. The van der Waals surface area contributed by atoms with Crippen LogP contribution in [0.4, 0.5) is 5.69 Å². The summed E-state index contributed by atoms with van der Waals surface area (Å²) < 4.78 is 0. The number of amides is 2. The summed E-state index contributed by atoms with van der Waals surface area (Å²) in [5, 5.41) is 4.85. The molecule has 0 aromatic heterocycles. The van der Waals surface area contributed by atoms with Gasteiger partial charge in [-0.1, -0.05) is 18.2 Å². The minimum atomic E-state index is -1.15. The van der Waals surface area contributed by atoms with Crippen molar-refractivity contribution in [3.63, 3.8) is 0 Å². The Balaban J connectivity index is 2.72. The van der Waals surface area contributed by atoms with Crippen LogP contribution in [0.15, 0.2) is 30.3 Å². The first-order chi connectivity index (χ1) is 8.00. The number of hydrogen-bond donors (Lipinski definition) is 2. The van der Waals surface area contributed by atoms with E-state index in [1.54, 1.807) is 24.3 Å². The molecule has 0 bridgehead atoms. The number of carbonyl (C=O) groups is 3. The molecule has 17 heavy (non-hydrogen) atoms. The first-order valence-electron chi connectivity index (χ1n) is 5.14. The minimum absolute atomic E-state index is 0.409. The Morgan fingerprint density at radius 2 is 1.65 bits per heavy atom. The number of ketones is 1. The monoisotopic (exact) mass is 234 g/mol. The van der Waals surface area contributed by atoms with Gasteiger partial charge in [-0.15, -0.1) is 0 Å². The Bertz CT molecular complexity index is 429. The molecule has 0 aliphatic rings. The van der Waals surface area contributed by atoms with Gasteiger partial charge in [-0.3, -0.25) is 14.4 Å². The molecule has 5 nitrogen and oxygen atoms in total. The topological polar surface area (TPSA) is 75.3 Å². The second-order valence-corrected chi connectivity index (χ2v) is 3.60. The molecule has 0 spiro atoms. The zero-order valence-electron chi connectivity index (χ0n) is 9.69. The third-order valence-corrected chi connectivity index (χ3v) is 2.06. The van der Waals surface area contributed by atoms with Crippen LogP contribution in [0.3, 0.4) is 0 Å². The van der Waals surface area contributed by atoms with Gasteiger partial charge >= 0.3 is 0 Å². The summed E-state index contributed by atoms with van der Waals surface area (Å²) in [7, 11) is 0. The predicted molar refractivity (Wildman–Crippen MR) is 63.4 cm³/mol. The molecular formula is C12H14N2O3. The van der Waals surface area contributed by atoms with E-state index in [2.05, 4.69) is 10.6 Å². The van der Waals surface area contributed by atoms with Crippen LogP contribution in [0.1, 0.15) is 13.8 Å². The number of Topliss-reactive ketones (excluding diaryl/α,β-unsaturated/α-hetero) is 1. The highest BCUT2D eigenvalue weighted by molar-refractivity contribution is 6.11. The zero-order chi connectivity index (χ0) is 12.8. The lowest BCUT2D eigenvalue weighted by Gasteiger charge is -2.14. The van der Waals surface area contributed by atoms with Crippen LogP contribution in [-0.4, -0.2) is 23.6 Å². The lowest BCUT2D eigenvalue weighted by Crippen LogP contribution is -2.47. The van der Waals surface area contributed by atoms with Gasteiger partial charge < -0.3 is 10.6 Å². The van der Waals surface area contributed by atoms with Gasteiger partial charge in [0.1, 0.15) is 0 Å². The summed E-state index contributed by atoms with van der Waals surface area (Å²) in [4.78, 5) is 33.9. The first-order valence-corrected chi connectivity index (χ1v) is 5.14. The maximum absolute atomic E-state index is 11.7. The van der Waals surface area contributed by atoms with Gasteiger partial charge in [-0.2, -0.15) is 0 Å². The Kier molecular flexibility index (Phi) is 4.39. The molecule has 0 aliphatic heterocycles. The summed E-state index contributed by atoms with van der Waals surface area (Å²) in [5.74, 6) is -1.37. The highest BCUT2D eigenvalue weighted by Gasteiger charge is 2.23. The Morgan fingerprint density at radius 3 is 2.12 bits per heavy atom. The van der Waals surface area contributed by atoms with Gasteiger partial charge in [-0.25, -0.2) is 0 Å². The second kappa shape index (κ2) is 5.79. The third-order valence-electron chi connectivity index (χ3n) is 2.06. The quantitative estimate of drug-likeness (QED) is 0.754. The lowest BCUT2D eigenvalue weighted by molar-refractivity contribution is -0.132. The van der Waals surface area contributed by atoms with E-state index in [0.29, 0.717) is 5.69 Å². The highest BCUT2D eigenvalue weighted by atomic mass is 16.2. The van der Waals surface area contributed by atoms with Crippen molar-refractivity contribution >= 4 is 23.3 Å². The maximum Gasteiger partial charge on any atom is 0.254 e. The molecule has 1 unspecified atom stereocenters. The van der Waals surface area contributed by atoms with E-state index < -0.39 is 23.6 Å². The third kappa shape index (κ3) is 4.06. The molecule has 1 aromatic rings. The number of anilines is 1. The normalized spacial score (nSPS) is 11.4. The smallest absolute Gasteiger partial charge is 0.254 e. The number of rotatable bonds is 4. The van der Waals surface area contributed by atoms with Crippen molar-refractivity contribution in [3.8, 4) is 0 Å². The molecule has 0 radical (unpaired) electrons. The first kappa shape index (κ1) is 12.9. The fourth-order valence-corrected chi connectivity index (χ4v) is 1.29. The predicted octanol–water partition coefficient (Wildman–Crippen LogP) is 0.719. The molecule has 0 heterocycles. The van der Waals surface area contributed by atoms with Crippen molar-refractivity contribution in [2.24, 2.45) is 0 Å². The number of para-hydroxylation sites is 1. The SMILES string of the molecule is CC(=O)NC(C(C)=O)C(=O)Nc1ccccc1.